The Morgan fingerprint density at radius 3 is 2.54 bits per heavy atom. The van der Waals surface area contributed by atoms with Gasteiger partial charge >= 0.3 is 6.09 Å². The minimum atomic E-state index is -0.844. The van der Waals surface area contributed by atoms with Crippen molar-refractivity contribution in [1.29, 1.82) is 5.26 Å². The maximum atomic E-state index is 14.4. The summed E-state index contributed by atoms with van der Waals surface area (Å²) in [6.45, 7) is 6.95. The number of hydrogen-bond donors (Lipinski definition) is 1. The molecule has 2 fully saturated rings. The van der Waals surface area contributed by atoms with Crippen molar-refractivity contribution in [2.75, 3.05) is 7.05 Å². The molecule has 5 atom stereocenters. The van der Waals surface area contributed by atoms with Crippen LogP contribution in [-0.4, -0.2) is 19.2 Å². The van der Waals surface area contributed by atoms with E-state index in [1.165, 1.54) is 31.7 Å². The van der Waals surface area contributed by atoms with E-state index in [0.717, 1.165) is 62.3 Å². The van der Waals surface area contributed by atoms with Crippen molar-refractivity contribution >= 4 is 6.09 Å². The number of ether oxygens (including phenoxy) is 1. The van der Waals surface area contributed by atoms with Gasteiger partial charge in [-0.25, -0.2) is 9.18 Å². The summed E-state index contributed by atoms with van der Waals surface area (Å²) < 4.78 is 20.2. The Morgan fingerprint density at radius 1 is 1.20 bits per heavy atom. The molecule has 2 aliphatic rings. The Morgan fingerprint density at radius 2 is 1.94 bits per heavy atom. The van der Waals surface area contributed by atoms with E-state index < -0.39 is 11.5 Å². The summed E-state index contributed by atoms with van der Waals surface area (Å²) in [6.07, 6.45) is 10.9. The van der Waals surface area contributed by atoms with Crippen LogP contribution >= 0.6 is 0 Å². The van der Waals surface area contributed by atoms with Crippen LogP contribution in [0.3, 0.4) is 0 Å². The molecular weight excluding hydrogens is 439 g/mol. The zero-order chi connectivity index (χ0) is 25.4. The van der Waals surface area contributed by atoms with Crippen LogP contribution in [0.15, 0.2) is 24.3 Å². The highest BCUT2D eigenvalue weighted by atomic mass is 19.1. The molecule has 2 aliphatic carbocycles. The molecule has 0 saturated heterocycles. The molecule has 0 aromatic heterocycles. The minimum Gasteiger partial charge on any atom is -0.446 e. The van der Waals surface area contributed by atoms with Crippen molar-refractivity contribution in [1.82, 2.24) is 5.32 Å². The van der Waals surface area contributed by atoms with Gasteiger partial charge in [-0.1, -0.05) is 58.6 Å². The monoisotopic (exact) mass is 484 g/mol. The number of nitrogens with one attached hydrogen (secondary N) is 1. The Bertz CT molecular complexity index is 860. The Kier molecular flexibility index (Phi) is 10.0. The second kappa shape index (κ2) is 12.7. The first kappa shape index (κ1) is 27.5. The van der Waals surface area contributed by atoms with Gasteiger partial charge in [0.05, 0.1) is 11.5 Å². The highest BCUT2D eigenvalue weighted by Gasteiger charge is 2.53. The van der Waals surface area contributed by atoms with Gasteiger partial charge in [0.25, 0.3) is 0 Å². The molecule has 35 heavy (non-hydrogen) atoms. The van der Waals surface area contributed by atoms with Gasteiger partial charge in [0.2, 0.25) is 0 Å². The lowest BCUT2D eigenvalue weighted by molar-refractivity contribution is 0.0356. The Balaban J connectivity index is 1.83. The molecule has 0 spiro atoms. The first-order valence-electron chi connectivity index (χ1n) is 13.9. The Labute approximate surface area is 212 Å². The molecule has 5 heteroatoms. The van der Waals surface area contributed by atoms with Crippen molar-refractivity contribution in [2.24, 2.45) is 29.6 Å². The maximum Gasteiger partial charge on any atom is 0.407 e. The molecule has 5 unspecified atom stereocenters. The molecule has 0 radical (unpaired) electrons. The zero-order valence-electron chi connectivity index (χ0n) is 22.2. The molecule has 1 amide bonds. The second-order valence-corrected chi connectivity index (χ2v) is 11.2. The first-order chi connectivity index (χ1) is 16.9. The summed E-state index contributed by atoms with van der Waals surface area (Å²) in [5.41, 5.74) is -0.0903. The summed E-state index contributed by atoms with van der Waals surface area (Å²) in [5.74, 6) is 1.95. The van der Waals surface area contributed by atoms with E-state index in [9.17, 15) is 14.4 Å². The number of rotatable bonds is 10. The van der Waals surface area contributed by atoms with Crippen molar-refractivity contribution in [3.63, 3.8) is 0 Å². The largest absolute Gasteiger partial charge is 0.446 e. The lowest BCUT2D eigenvalue weighted by atomic mass is 9.57. The molecule has 2 saturated carbocycles. The van der Waals surface area contributed by atoms with Crippen LogP contribution in [0.5, 0.6) is 0 Å². The predicted octanol–water partition coefficient (Wildman–Crippen LogP) is 7.77. The van der Waals surface area contributed by atoms with Crippen LogP contribution in [0, 0.1) is 46.7 Å². The van der Waals surface area contributed by atoms with Crippen LogP contribution in [-0.2, 0) is 10.2 Å². The standard InChI is InChI=1S/C30H45FN2O2/c1-5-21(3)17-22(6-2)18-23-13-15-24(16-14-23)30(20-32,25-9-7-10-26(31)19-25)27-11-8-12-28(27)35-29(34)33-4/h7,9-10,19,21-24,27-28H,5-6,8,11-18H2,1-4H3,(H,33,34). The Hall–Kier alpha value is -2.09. The van der Waals surface area contributed by atoms with Gasteiger partial charge in [-0.3, -0.25) is 0 Å². The van der Waals surface area contributed by atoms with Gasteiger partial charge in [0.1, 0.15) is 11.9 Å². The molecular formula is C30H45FN2O2. The van der Waals surface area contributed by atoms with E-state index in [1.54, 1.807) is 19.2 Å². The average molecular weight is 485 g/mol. The number of nitrogens with zero attached hydrogens (tertiary/aromatic N) is 1. The van der Waals surface area contributed by atoms with Crippen molar-refractivity contribution in [3.8, 4) is 6.07 Å². The van der Waals surface area contributed by atoms with Gasteiger partial charge in [0.15, 0.2) is 0 Å². The fourth-order valence-corrected chi connectivity index (χ4v) is 7.01. The van der Waals surface area contributed by atoms with Crippen LogP contribution in [0.2, 0.25) is 0 Å². The molecule has 194 valence electrons. The predicted molar refractivity (Wildman–Crippen MR) is 138 cm³/mol. The van der Waals surface area contributed by atoms with E-state index in [2.05, 4.69) is 32.2 Å². The van der Waals surface area contributed by atoms with Crippen LogP contribution < -0.4 is 5.32 Å². The molecule has 1 N–H and O–H groups in total. The second-order valence-electron chi connectivity index (χ2n) is 11.2. The van der Waals surface area contributed by atoms with Gasteiger partial charge in [0, 0.05) is 13.0 Å². The molecule has 1 aromatic carbocycles. The number of nitriles is 1. The van der Waals surface area contributed by atoms with Crippen LogP contribution in [0.4, 0.5) is 9.18 Å². The molecule has 0 aliphatic heterocycles. The molecule has 0 heterocycles. The topological polar surface area (TPSA) is 62.1 Å². The summed E-state index contributed by atoms with van der Waals surface area (Å²) in [5, 5.41) is 13.3. The normalized spacial score (nSPS) is 27.9. The molecule has 0 bridgehead atoms. The van der Waals surface area contributed by atoms with Crippen molar-refractivity contribution in [3.05, 3.63) is 35.6 Å². The molecule has 4 nitrogen and oxygen atoms in total. The third-order valence-electron chi connectivity index (χ3n) is 9.15. The maximum absolute atomic E-state index is 14.4. The average Bonchev–Trinajstić information content (AvgIpc) is 3.33. The lowest BCUT2D eigenvalue weighted by Gasteiger charge is -2.45. The third-order valence-corrected chi connectivity index (χ3v) is 9.15. The van der Waals surface area contributed by atoms with Gasteiger partial charge in [-0.15, -0.1) is 0 Å². The van der Waals surface area contributed by atoms with Crippen LogP contribution in [0.1, 0.15) is 97.0 Å². The fourth-order valence-electron chi connectivity index (χ4n) is 7.01. The summed E-state index contributed by atoms with van der Waals surface area (Å²) in [7, 11) is 1.56. The number of amides is 1. The number of hydrogen-bond acceptors (Lipinski definition) is 3. The number of benzene rings is 1. The fraction of sp³-hybridized carbons (Fsp3) is 0.733. The van der Waals surface area contributed by atoms with Crippen molar-refractivity contribution < 1.29 is 13.9 Å². The molecule has 3 rings (SSSR count). The highest BCUT2D eigenvalue weighted by Crippen LogP contribution is 2.53. The van der Waals surface area contributed by atoms with E-state index >= 15 is 0 Å². The summed E-state index contributed by atoms with van der Waals surface area (Å²) >= 11 is 0. The van der Waals surface area contributed by atoms with Crippen molar-refractivity contribution in [2.45, 2.75) is 103 Å². The van der Waals surface area contributed by atoms with Gasteiger partial charge in [-0.2, -0.15) is 5.26 Å². The lowest BCUT2D eigenvalue weighted by Crippen LogP contribution is -2.47. The highest BCUT2D eigenvalue weighted by molar-refractivity contribution is 5.67. The minimum absolute atomic E-state index is 0.123. The smallest absolute Gasteiger partial charge is 0.407 e. The number of alkyl carbamates (subject to hydrolysis) is 1. The SMILES string of the molecule is CCC(C)CC(CC)CC1CCC(C(C#N)(c2cccc(F)c2)C2CCCC2OC(=O)NC)CC1. The van der Waals surface area contributed by atoms with Gasteiger partial charge < -0.3 is 10.1 Å². The van der Waals surface area contributed by atoms with E-state index in [0.29, 0.717) is 5.92 Å². The number of carbonyl (C=O) groups excluding carboxylic acids is 1. The number of halogens is 1. The first-order valence-corrected chi connectivity index (χ1v) is 13.9. The van der Waals surface area contributed by atoms with E-state index in [4.69, 9.17) is 4.74 Å². The third kappa shape index (κ3) is 6.38. The summed E-state index contributed by atoms with van der Waals surface area (Å²) in [6, 6.07) is 9.33. The zero-order valence-corrected chi connectivity index (χ0v) is 22.2. The summed E-state index contributed by atoms with van der Waals surface area (Å²) in [4.78, 5) is 12.1. The van der Waals surface area contributed by atoms with Gasteiger partial charge in [-0.05, 0) is 86.3 Å². The van der Waals surface area contributed by atoms with E-state index in [1.807, 2.05) is 6.07 Å². The quantitative estimate of drug-likeness (QED) is 0.369. The molecule has 1 aromatic rings. The van der Waals surface area contributed by atoms with E-state index in [-0.39, 0.29) is 23.8 Å². The van der Waals surface area contributed by atoms with Crippen LogP contribution in [0.25, 0.3) is 0 Å². The number of carbonyl (C=O) groups is 1.